The number of hydrogen-bond donors (Lipinski definition) is 1. The van der Waals surface area contributed by atoms with Crippen molar-refractivity contribution in [3.8, 4) is 0 Å². The Bertz CT molecular complexity index is 732. The van der Waals surface area contributed by atoms with Crippen molar-refractivity contribution in [1.29, 1.82) is 0 Å². The van der Waals surface area contributed by atoms with E-state index in [0.717, 1.165) is 50.9 Å². The first-order valence-corrected chi connectivity index (χ1v) is 10.6. The van der Waals surface area contributed by atoms with Crippen LogP contribution in [0.3, 0.4) is 0 Å². The first kappa shape index (κ1) is 18.8. The standard InChI is InChI=1S/C23H34N2O2/c1-16-20-14-17-8-9-18(22(2,3)27)15-19(17)23(16,4)10-13-25(20)21(26)24-11-6-5-7-12-24/h8-9,15-16,20,27H,5-7,10-14H2,1-4H3/t16-,20-,23-/m1/s1. The maximum atomic E-state index is 13.2. The van der Waals surface area contributed by atoms with Crippen LogP contribution in [0.2, 0.25) is 0 Å². The van der Waals surface area contributed by atoms with Gasteiger partial charge < -0.3 is 14.9 Å². The van der Waals surface area contributed by atoms with E-state index in [0.29, 0.717) is 5.92 Å². The molecule has 1 aromatic carbocycles. The number of urea groups is 1. The van der Waals surface area contributed by atoms with Crippen molar-refractivity contribution in [2.75, 3.05) is 19.6 Å². The Morgan fingerprint density at radius 2 is 1.89 bits per heavy atom. The molecule has 1 aromatic rings. The van der Waals surface area contributed by atoms with E-state index in [1.54, 1.807) is 0 Å². The molecule has 1 N–H and O–H groups in total. The van der Waals surface area contributed by atoms with Gasteiger partial charge in [0.05, 0.1) is 5.60 Å². The van der Waals surface area contributed by atoms with Crippen LogP contribution >= 0.6 is 0 Å². The summed E-state index contributed by atoms with van der Waals surface area (Å²) in [6.45, 7) is 11.1. The topological polar surface area (TPSA) is 43.8 Å². The molecule has 0 unspecified atom stereocenters. The van der Waals surface area contributed by atoms with E-state index in [1.807, 2.05) is 13.8 Å². The Morgan fingerprint density at radius 3 is 2.56 bits per heavy atom. The van der Waals surface area contributed by atoms with Crippen LogP contribution in [0.4, 0.5) is 4.79 Å². The summed E-state index contributed by atoms with van der Waals surface area (Å²) >= 11 is 0. The van der Waals surface area contributed by atoms with Gasteiger partial charge in [-0.25, -0.2) is 4.79 Å². The molecule has 2 amide bonds. The molecule has 0 spiro atoms. The van der Waals surface area contributed by atoms with Gasteiger partial charge in [0.15, 0.2) is 0 Å². The number of carbonyl (C=O) groups excluding carboxylic acids is 1. The lowest BCUT2D eigenvalue weighted by molar-refractivity contribution is 0.0379. The molecule has 2 saturated heterocycles. The normalized spacial score (nSPS) is 30.9. The number of amides is 2. The van der Waals surface area contributed by atoms with Crippen molar-refractivity contribution in [3.05, 3.63) is 34.9 Å². The fourth-order valence-electron chi connectivity index (χ4n) is 5.50. The number of fused-ring (bicyclic) bond motifs is 4. The summed E-state index contributed by atoms with van der Waals surface area (Å²) in [5.41, 5.74) is 2.97. The molecule has 2 bridgehead atoms. The van der Waals surface area contributed by atoms with E-state index in [2.05, 4.69) is 41.8 Å². The lowest BCUT2D eigenvalue weighted by atomic mass is 9.58. The highest BCUT2D eigenvalue weighted by molar-refractivity contribution is 5.75. The molecular formula is C23H34N2O2. The summed E-state index contributed by atoms with van der Waals surface area (Å²) in [5.74, 6) is 0.421. The van der Waals surface area contributed by atoms with Crippen molar-refractivity contribution < 1.29 is 9.90 Å². The van der Waals surface area contributed by atoms with E-state index in [1.165, 1.54) is 17.5 Å². The number of piperidine rings is 2. The van der Waals surface area contributed by atoms with E-state index in [-0.39, 0.29) is 17.5 Å². The summed E-state index contributed by atoms with van der Waals surface area (Å²) in [6, 6.07) is 7.01. The highest BCUT2D eigenvalue weighted by Gasteiger charge is 2.50. The lowest BCUT2D eigenvalue weighted by Crippen LogP contribution is -2.62. The SMILES string of the molecule is C[C@@H]1[C@H]2Cc3ccc(C(C)(C)O)cc3[C@]1(C)CCN2C(=O)N1CCCCC1. The van der Waals surface area contributed by atoms with Crippen LogP contribution in [0.25, 0.3) is 0 Å². The highest BCUT2D eigenvalue weighted by atomic mass is 16.3. The first-order valence-electron chi connectivity index (χ1n) is 10.6. The third kappa shape index (κ3) is 3.06. The Labute approximate surface area is 163 Å². The monoisotopic (exact) mass is 370 g/mol. The van der Waals surface area contributed by atoms with Crippen LogP contribution in [0.1, 0.15) is 70.1 Å². The smallest absolute Gasteiger partial charge is 0.320 e. The minimum atomic E-state index is -0.823. The number of aliphatic hydroxyl groups is 1. The van der Waals surface area contributed by atoms with E-state index < -0.39 is 5.60 Å². The van der Waals surface area contributed by atoms with Gasteiger partial charge in [0, 0.05) is 25.7 Å². The van der Waals surface area contributed by atoms with Crippen molar-refractivity contribution in [2.45, 2.75) is 76.9 Å². The molecule has 0 saturated carbocycles. The number of nitrogens with zero attached hydrogens (tertiary/aromatic N) is 2. The Morgan fingerprint density at radius 1 is 1.19 bits per heavy atom. The summed E-state index contributed by atoms with van der Waals surface area (Å²) in [7, 11) is 0. The van der Waals surface area contributed by atoms with Gasteiger partial charge in [0.2, 0.25) is 0 Å². The Hall–Kier alpha value is -1.55. The summed E-state index contributed by atoms with van der Waals surface area (Å²) < 4.78 is 0. The molecule has 3 atom stereocenters. The number of carbonyl (C=O) groups is 1. The van der Waals surface area contributed by atoms with Gasteiger partial charge in [-0.05, 0) is 74.0 Å². The van der Waals surface area contributed by atoms with Gasteiger partial charge in [-0.1, -0.05) is 32.0 Å². The molecule has 4 nitrogen and oxygen atoms in total. The summed E-state index contributed by atoms with van der Waals surface area (Å²) in [5, 5.41) is 10.5. The van der Waals surface area contributed by atoms with E-state index in [4.69, 9.17) is 0 Å². The quantitative estimate of drug-likeness (QED) is 0.811. The summed E-state index contributed by atoms with van der Waals surface area (Å²) in [6.07, 6.45) is 5.45. The molecule has 1 aliphatic carbocycles. The largest absolute Gasteiger partial charge is 0.386 e. The van der Waals surface area contributed by atoms with Crippen molar-refractivity contribution in [3.63, 3.8) is 0 Å². The predicted octanol–water partition coefficient (Wildman–Crippen LogP) is 4.04. The van der Waals surface area contributed by atoms with Crippen LogP contribution in [0.5, 0.6) is 0 Å². The second kappa shape index (κ2) is 6.51. The Balaban J connectivity index is 1.66. The molecule has 2 heterocycles. The van der Waals surface area contributed by atoms with E-state index >= 15 is 0 Å². The van der Waals surface area contributed by atoms with Crippen LogP contribution < -0.4 is 0 Å². The molecule has 2 fully saturated rings. The van der Waals surface area contributed by atoms with Crippen molar-refractivity contribution in [1.82, 2.24) is 9.80 Å². The summed E-state index contributed by atoms with van der Waals surface area (Å²) in [4.78, 5) is 17.5. The minimum Gasteiger partial charge on any atom is -0.386 e. The maximum absolute atomic E-state index is 13.2. The second-order valence-corrected chi connectivity index (χ2v) is 9.68. The molecule has 4 heteroatoms. The molecule has 2 aliphatic heterocycles. The van der Waals surface area contributed by atoms with Crippen molar-refractivity contribution in [2.24, 2.45) is 5.92 Å². The fourth-order valence-corrected chi connectivity index (χ4v) is 5.50. The molecule has 0 aromatic heterocycles. The third-order valence-electron chi connectivity index (χ3n) is 7.59. The van der Waals surface area contributed by atoms with E-state index in [9.17, 15) is 9.90 Å². The number of benzene rings is 1. The fraction of sp³-hybridized carbons (Fsp3) is 0.696. The molecule has 0 radical (unpaired) electrons. The Kier molecular flexibility index (Phi) is 4.53. The predicted molar refractivity (Wildman–Crippen MR) is 108 cm³/mol. The van der Waals surface area contributed by atoms with Crippen LogP contribution in [-0.2, 0) is 17.4 Å². The molecular weight excluding hydrogens is 336 g/mol. The molecule has 4 rings (SSSR count). The lowest BCUT2D eigenvalue weighted by Gasteiger charge is -2.55. The first-order chi connectivity index (χ1) is 12.7. The average molecular weight is 371 g/mol. The zero-order valence-corrected chi connectivity index (χ0v) is 17.3. The zero-order valence-electron chi connectivity index (χ0n) is 17.3. The second-order valence-electron chi connectivity index (χ2n) is 9.68. The van der Waals surface area contributed by atoms with Crippen LogP contribution in [0, 0.1) is 5.92 Å². The highest BCUT2D eigenvalue weighted by Crippen LogP contribution is 2.49. The van der Waals surface area contributed by atoms with Gasteiger partial charge in [-0.15, -0.1) is 0 Å². The van der Waals surface area contributed by atoms with Crippen LogP contribution in [0.15, 0.2) is 18.2 Å². The molecule has 3 aliphatic rings. The van der Waals surface area contributed by atoms with Gasteiger partial charge in [0.1, 0.15) is 0 Å². The average Bonchev–Trinajstić information content (AvgIpc) is 2.64. The molecule has 148 valence electrons. The number of likely N-dealkylation sites (tertiary alicyclic amines) is 2. The van der Waals surface area contributed by atoms with Gasteiger partial charge >= 0.3 is 6.03 Å². The van der Waals surface area contributed by atoms with Gasteiger partial charge in [-0.2, -0.15) is 0 Å². The molecule has 27 heavy (non-hydrogen) atoms. The minimum absolute atomic E-state index is 0.0676. The number of rotatable bonds is 1. The third-order valence-corrected chi connectivity index (χ3v) is 7.59. The maximum Gasteiger partial charge on any atom is 0.320 e. The van der Waals surface area contributed by atoms with Crippen molar-refractivity contribution >= 4 is 6.03 Å². The number of hydrogen-bond acceptors (Lipinski definition) is 2. The van der Waals surface area contributed by atoms with Gasteiger partial charge in [0.25, 0.3) is 0 Å². The van der Waals surface area contributed by atoms with Crippen LogP contribution in [-0.4, -0.2) is 46.6 Å². The van der Waals surface area contributed by atoms with Gasteiger partial charge in [-0.3, -0.25) is 0 Å². The zero-order chi connectivity index (χ0) is 19.4.